The Labute approximate surface area is 178 Å². The molecular weight excluding hydrogens is 400 g/mol. The number of fused-ring (bicyclic) bond motifs is 1. The van der Waals surface area contributed by atoms with Crippen molar-refractivity contribution in [3.8, 4) is 5.75 Å². The Hall–Kier alpha value is -3.57. The van der Waals surface area contributed by atoms with E-state index in [4.69, 9.17) is 20.8 Å². The highest BCUT2D eigenvalue weighted by Crippen LogP contribution is 2.30. The van der Waals surface area contributed by atoms with Crippen LogP contribution in [0.25, 0.3) is 11.0 Å². The molecule has 1 amide bonds. The number of amides is 1. The number of aryl methyl sites for hydroxylation is 1. The zero-order valence-electron chi connectivity index (χ0n) is 16.5. The van der Waals surface area contributed by atoms with Gasteiger partial charge < -0.3 is 14.5 Å². The summed E-state index contributed by atoms with van der Waals surface area (Å²) in [6.07, 6.45) is 0. The summed E-state index contributed by atoms with van der Waals surface area (Å²) >= 11 is 6.14. The number of rotatable bonds is 4. The first-order valence-electron chi connectivity index (χ1n) is 9.33. The number of hydrogen-bond donors (Lipinski definition) is 1. The SMILES string of the molecule is COc1ccc(Cl)cc1N=c1oc2ccccc2cc1C(=O)Nc1ccccc1C. The first kappa shape index (κ1) is 19.7. The number of hydrogen-bond acceptors (Lipinski definition) is 4. The molecule has 0 atom stereocenters. The van der Waals surface area contributed by atoms with E-state index in [1.807, 2.05) is 55.5 Å². The van der Waals surface area contributed by atoms with E-state index in [-0.39, 0.29) is 11.5 Å². The topological polar surface area (TPSA) is 63.8 Å². The van der Waals surface area contributed by atoms with E-state index < -0.39 is 0 Å². The zero-order valence-corrected chi connectivity index (χ0v) is 17.2. The zero-order chi connectivity index (χ0) is 21.1. The summed E-state index contributed by atoms with van der Waals surface area (Å²) in [6.45, 7) is 1.93. The van der Waals surface area contributed by atoms with E-state index in [0.29, 0.717) is 27.6 Å². The minimum Gasteiger partial charge on any atom is -0.494 e. The Morgan fingerprint density at radius 1 is 1.03 bits per heavy atom. The second-order valence-corrected chi connectivity index (χ2v) is 7.14. The van der Waals surface area contributed by atoms with Gasteiger partial charge in [-0.05, 0) is 48.9 Å². The average Bonchev–Trinajstić information content (AvgIpc) is 2.75. The van der Waals surface area contributed by atoms with Crippen molar-refractivity contribution in [3.05, 3.63) is 94.5 Å². The van der Waals surface area contributed by atoms with Crippen molar-refractivity contribution in [2.24, 2.45) is 4.99 Å². The smallest absolute Gasteiger partial charge is 0.261 e. The summed E-state index contributed by atoms with van der Waals surface area (Å²) in [4.78, 5) is 17.7. The predicted octanol–water partition coefficient (Wildman–Crippen LogP) is 5.89. The molecule has 6 heteroatoms. The number of nitrogens with one attached hydrogen (secondary N) is 1. The van der Waals surface area contributed by atoms with Gasteiger partial charge in [-0.1, -0.05) is 48.0 Å². The van der Waals surface area contributed by atoms with Crippen molar-refractivity contribution in [3.63, 3.8) is 0 Å². The number of ether oxygens (including phenoxy) is 1. The lowest BCUT2D eigenvalue weighted by Crippen LogP contribution is -2.22. The lowest BCUT2D eigenvalue weighted by molar-refractivity contribution is 0.102. The highest BCUT2D eigenvalue weighted by molar-refractivity contribution is 6.30. The third-order valence-corrected chi connectivity index (χ3v) is 4.89. The molecule has 0 bridgehead atoms. The minimum atomic E-state index is -0.321. The van der Waals surface area contributed by atoms with Crippen LogP contribution >= 0.6 is 11.6 Å². The Bertz CT molecular complexity index is 1310. The molecule has 3 aromatic carbocycles. The molecule has 0 saturated carbocycles. The Morgan fingerprint density at radius 3 is 2.60 bits per heavy atom. The van der Waals surface area contributed by atoms with Gasteiger partial charge in [-0.25, -0.2) is 4.99 Å². The molecule has 0 aliphatic rings. The number of anilines is 1. The van der Waals surface area contributed by atoms with Crippen molar-refractivity contribution in [2.75, 3.05) is 12.4 Å². The summed E-state index contributed by atoms with van der Waals surface area (Å²) in [7, 11) is 1.55. The molecule has 0 aliphatic heterocycles. The monoisotopic (exact) mass is 418 g/mol. The highest BCUT2D eigenvalue weighted by Gasteiger charge is 2.15. The van der Waals surface area contributed by atoms with Crippen LogP contribution in [0.5, 0.6) is 5.75 Å². The maximum absolute atomic E-state index is 13.2. The Morgan fingerprint density at radius 2 is 1.80 bits per heavy atom. The fourth-order valence-electron chi connectivity index (χ4n) is 3.08. The maximum Gasteiger partial charge on any atom is 0.261 e. The average molecular weight is 419 g/mol. The van der Waals surface area contributed by atoms with Gasteiger partial charge in [-0.2, -0.15) is 0 Å². The van der Waals surface area contributed by atoms with Crippen molar-refractivity contribution < 1.29 is 13.9 Å². The molecule has 4 rings (SSSR count). The molecule has 150 valence electrons. The van der Waals surface area contributed by atoms with Crippen LogP contribution in [0.15, 0.2) is 82.2 Å². The van der Waals surface area contributed by atoms with Gasteiger partial charge in [0.05, 0.1) is 7.11 Å². The molecule has 30 heavy (non-hydrogen) atoms. The molecule has 0 fully saturated rings. The van der Waals surface area contributed by atoms with Crippen molar-refractivity contribution in [2.45, 2.75) is 6.92 Å². The quantitative estimate of drug-likeness (QED) is 0.449. The third-order valence-electron chi connectivity index (χ3n) is 4.66. The second-order valence-electron chi connectivity index (χ2n) is 6.70. The third kappa shape index (κ3) is 4.07. The van der Waals surface area contributed by atoms with Crippen LogP contribution < -0.4 is 15.6 Å². The van der Waals surface area contributed by atoms with Gasteiger partial charge in [0, 0.05) is 16.1 Å². The van der Waals surface area contributed by atoms with Gasteiger partial charge in [0.25, 0.3) is 5.91 Å². The van der Waals surface area contributed by atoms with Crippen molar-refractivity contribution in [1.82, 2.24) is 0 Å². The number of carbonyl (C=O) groups is 1. The summed E-state index contributed by atoms with van der Waals surface area (Å²) in [6, 6.07) is 21.9. The normalized spacial score (nSPS) is 11.5. The predicted molar refractivity (Wildman–Crippen MR) is 119 cm³/mol. The molecule has 1 aromatic heterocycles. The number of carbonyl (C=O) groups excluding carboxylic acids is 1. The van der Waals surface area contributed by atoms with Crippen LogP contribution in [-0.2, 0) is 0 Å². The molecule has 4 aromatic rings. The van der Waals surface area contributed by atoms with E-state index in [0.717, 1.165) is 16.6 Å². The molecule has 1 N–H and O–H groups in total. The first-order valence-corrected chi connectivity index (χ1v) is 9.71. The number of para-hydroxylation sites is 2. The van der Waals surface area contributed by atoms with Gasteiger partial charge in [0.2, 0.25) is 5.55 Å². The molecule has 5 nitrogen and oxygen atoms in total. The fraction of sp³-hybridized carbons (Fsp3) is 0.0833. The van der Waals surface area contributed by atoms with Crippen LogP contribution in [0.4, 0.5) is 11.4 Å². The van der Waals surface area contributed by atoms with Crippen molar-refractivity contribution in [1.29, 1.82) is 0 Å². The Balaban J connectivity index is 1.89. The standard InChI is InChI=1S/C24H19ClN2O3/c1-15-7-3-5-9-19(15)26-23(28)18-13-16-8-4-6-10-21(16)30-24(18)27-20-14-17(25)11-12-22(20)29-2/h3-14H,1-2H3,(H,26,28). The van der Waals surface area contributed by atoms with Crippen LogP contribution in [0.1, 0.15) is 15.9 Å². The summed E-state index contributed by atoms with van der Waals surface area (Å²) in [5.74, 6) is 0.201. The van der Waals surface area contributed by atoms with E-state index in [2.05, 4.69) is 10.3 Å². The first-order chi connectivity index (χ1) is 14.5. The molecule has 0 saturated heterocycles. The number of benzene rings is 3. The molecular formula is C24H19ClN2O3. The summed E-state index contributed by atoms with van der Waals surface area (Å²) in [5.41, 5.74) is 3.23. The van der Waals surface area contributed by atoms with Crippen molar-refractivity contribution >= 4 is 39.9 Å². The molecule has 0 aliphatic carbocycles. The second kappa shape index (κ2) is 8.43. The van der Waals surface area contributed by atoms with Gasteiger partial charge in [-0.15, -0.1) is 0 Å². The van der Waals surface area contributed by atoms with Gasteiger partial charge >= 0.3 is 0 Å². The van der Waals surface area contributed by atoms with Crippen LogP contribution in [0.2, 0.25) is 5.02 Å². The number of nitrogens with zero attached hydrogens (tertiary/aromatic N) is 1. The maximum atomic E-state index is 13.2. The lowest BCUT2D eigenvalue weighted by atomic mass is 10.1. The largest absolute Gasteiger partial charge is 0.494 e. The molecule has 0 radical (unpaired) electrons. The minimum absolute atomic E-state index is 0.167. The summed E-state index contributed by atoms with van der Waals surface area (Å²) < 4.78 is 11.4. The van der Waals surface area contributed by atoms with Crippen LogP contribution in [0.3, 0.4) is 0 Å². The summed E-state index contributed by atoms with van der Waals surface area (Å²) in [5, 5.41) is 4.24. The van der Waals surface area contributed by atoms with Gasteiger partial charge in [0.15, 0.2) is 0 Å². The fourth-order valence-corrected chi connectivity index (χ4v) is 3.24. The molecule has 0 unspecified atom stereocenters. The highest BCUT2D eigenvalue weighted by atomic mass is 35.5. The van der Waals surface area contributed by atoms with Crippen LogP contribution in [-0.4, -0.2) is 13.0 Å². The Kier molecular flexibility index (Phi) is 5.55. The van der Waals surface area contributed by atoms with E-state index in [1.54, 1.807) is 31.4 Å². The lowest BCUT2D eigenvalue weighted by Gasteiger charge is -2.09. The van der Waals surface area contributed by atoms with Gasteiger partial charge in [0.1, 0.15) is 22.6 Å². The van der Waals surface area contributed by atoms with E-state index in [1.165, 1.54) is 0 Å². The van der Waals surface area contributed by atoms with E-state index >= 15 is 0 Å². The van der Waals surface area contributed by atoms with Crippen LogP contribution in [0, 0.1) is 6.92 Å². The molecule has 0 spiro atoms. The van der Waals surface area contributed by atoms with Gasteiger partial charge in [-0.3, -0.25) is 4.79 Å². The molecule has 1 heterocycles. The number of halogens is 1. The number of methoxy groups -OCH3 is 1. The van der Waals surface area contributed by atoms with E-state index in [9.17, 15) is 4.79 Å².